The molecule has 0 aliphatic carbocycles. The van der Waals surface area contributed by atoms with Crippen LogP contribution in [-0.2, 0) is 16.2 Å². The van der Waals surface area contributed by atoms with E-state index in [2.05, 4.69) is 0 Å². The van der Waals surface area contributed by atoms with Gasteiger partial charge in [-0.3, -0.25) is 9.69 Å². The van der Waals surface area contributed by atoms with Gasteiger partial charge in [0.1, 0.15) is 16.7 Å². The van der Waals surface area contributed by atoms with Crippen LogP contribution in [0.1, 0.15) is 22.7 Å². The van der Waals surface area contributed by atoms with E-state index in [4.69, 9.17) is 28.6 Å². The number of carboxylic acid groups (broad SMARTS) is 1. The highest BCUT2D eigenvalue weighted by Crippen LogP contribution is 2.38. The fourth-order valence-electron chi connectivity index (χ4n) is 3.33. The molecule has 33 heavy (non-hydrogen) atoms. The molecular weight excluding hydrogens is 478 g/mol. The number of rotatable bonds is 7. The smallest absolute Gasteiger partial charge is 0.331 e. The maximum absolute atomic E-state index is 13.1. The lowest BCUT2D eigenvalue weighted by atomic mass is 10.1. The third kappa shape index (κ3) is 5.45. The number of ether oxygens (including phenoxy) is 1. The molecule has 4 rings (SSSR count). The molecule has 0 aromatic heterocycles. The number of nitrogens with zero attached hydrogens (tertiary/aromatic N) is 1. The summed E-state index contributed by atoms with van der Waals surface area (Å²) >= 11 is 12.4. The van der Waals surface area contributed by atoms with Crippen LogP contribution in [0.2, 0.25) is 5.02 Å². The van der Waals surface area contributed by atoms with E-state index in [9.17, 15) is 14.7 Å². The molecule has 1 unspecified atom stereocenters. The van der Waals surface area contributed by atoms with Crippen LogP contribution in [0.4, 0.5) is 0 Å². The van der Waals surface area contributed by atoms with Gasteiger partial charge in [-0.2, -0.15) is 0 Å². The highest BCUT2D eigenvalue weighted by Gasteiger charge is 2.41. The van der Waals surface area contributed by atoms with Gasteiger partial charge in [-0.25, -0.2) is 4.79 Å². The van der Waals surface area contributed by atoms with Crippen LogP contribution in [0.3, 0.4) is 0 Å². The van der Waals surface area contributed by atoms with Crippen LogP contribution in [0.15, 0.2) is 83.8 Å². The van der Waals surface area contributed by atoms with Crippen molar-refractivity contribution in [2.75, 3.05) is 0 Å². The molecule has 3 aromatic carbocycles. The first-order valence-electron chi connectivity index (χ1n) is 9.94. The third-order valence-corrected chi connectivity index (χ3v) is 6.49. The summed E-state index contributed by atoms with van der Waals surface area (Å²) in [6.45, 7) is 0.375. The Kier molecular flexibility index (Phi) is 7.13. The molecule has 8 heteroatoms. The molecule has 1 amide bonds. The molecule has 1 fully saturated rings. The van der Waals surface area contributed by atoms with Gasteiger partial charge in [0.05, 0.1) is 4.91 Å². The standard InChI is InChI=1S/C25H18ClNO4S2/c26-19-11-9-16(10-12-19)15-31-20-8-4-5-17(13-20)14-21-23(28)27(25(32)33-21)22(24(29)30)18-6-2-1-3-7-18/h1-14,22H,15H2,(H,29,30)/b21-14-. The number of halogens is 1. The van der Waals surface area contributed by atoms with Crippen molar-refractivity contribution in [3.8, 4) is 5.75 Å². The summed E-state index contributed by atoms with van der Waals surface area (Å²) in [6.07, 6.45) is 1.69. The number of hydrogen-bond acceptors (Lipinski definition) is 5. The van der Waals surface area contributed by atoms with E-state index in [0.29, 0.717) is 27.8 Å². The lowest BCUT2D eigenvalue weighted by molar-refractivity contribution is -0.145. The van der Waals surface area contributed by atoms with Crippen molar-refractivity contribution in [3.63, 3.8) is 0 Å². The van der Waals surface area contributed by atoms with Gasteiger partial charge < -0.3 is 9.84 Å². The number of carbonyl (C=O) groups is 2. The van der Waals surface area contributed by atoms with E-state index in [1.807, 2.05) is 36.4 Å². The summed E-state index contributed by atoms with van der Waals surface area (Å²) in [6, 6.07) is 22.1. The summed E-state index contributed by atoms with van der Waals surface area (Å²) in [4.78, 5) is 26.6. The SMILES string of the molecule is O=C(O)C(c1ccccc1)N1C(=O)/C(=C/c2cccc(OCc3ccc(Cl)cc3)c2)SC1=S. The van der Waals surface area contributed by atoms with Crippen molar-refractivity contribution in [2.24, 2.45) is 0 Å². The Hall–Kier alpha value is -3.13. The van der Waals surface area contributed by atoms with Crippen molar-refractivity contribution < 1.29 is 19.4 Å². The van der Waals surface area contributed by atoms with E-state index in [-0.39, 0.29) is 4.32 Å². The summed E-state index contributed by atoms with van der Waals surface area (Å²) in [5.41, 5.74) is 2.21. The normalized spacial score (nSPS) is 15.7. The van der Waals surface area contributed by atoms with Gasteiger partial charge >= 0.3 is 5.97 Å². The second-order valence-corrected chi connectivity index (χ2v) is 9.30. The van der Waals surface area contributed by atoms with E-state index < -0.39 is 17.9 Å². The Morgan fingerprint density at radius 1 is 1.09 bits per heavy atom. The predicted molar refractivity (Wildman–Crippen MR) is 134 cm³/mol. The number of hydrogen-bond donors (Lipinski definition) is 1. The molecule has 1 atom stereocenters. The number of benzene rings is 3. The van der Waals surface area contributed by atoms with Gasteiger partial charge in [-0.05, 0) is 47.0 Å². The van der Waals surface area contributed by atoms with Crippen molar-refractivity contribution in [1.29, 1.82) is 0 Å². The largest absolute Gasteiger partial charge is 0.489 e. The molecule has 1 saturated heterocycles. The number of thioether (sulfide) groups is 1. The maximum atomic E-state index is 13.1. The van der Waals surface area contributed by atoms with E-state index in [1.165, 1.54) is 0 Å². The van der Waals surface area contributed by atoms with Crippen LogP contribution < -0.4 is 4.74 Å². The average molecular weight is 496 g/mol. The summed E-state index contributed by atoms with van der Waals surface area (Å²) in [5, 5.41) is 10.5. The second-order valence-electron chi connectivity index (χ2n) is 7.19. The summed E-state index contributed by atoms with van der Waals surface area (Å²) in [5.74, 6) is -0.938. The monoisotopic (exact) mass is 495 g/mol. The maximum Gasteiger partial charge on any atom is 0.331 e. The Bertz CT molecular complexity index is 1230. The van der Waals surface area contributed by atoms with Crippen molar-refractivity contribution in [1.82, 2.24) is 4.90 Å². The quantitative estimate of drug-likeness (QED) is 0.323. The molecule has 0 saturated carbocycles. The third-order valence-electron chi connectivity index (χ3n) is 4.91. The fraction of sp³-hybridized carbons (Fsp3) is 0.0800. The second kappa shape index (κ2) is 10.2. The number of thiocarbonyl (C=S) groups is 1. The molecule has 0 spiro atoms. The summed E-state index contributed by atoms with van der Waals surface area (Å²) < 4.78 is 6.06. The predicted octanol–water partition coefficient (Wildman–Crippen LogP) is 5.95. The zero-order chi connectivity index (χ0) is 23.4. The first-order chi connectivity index (χ1) is 15.9. The van der Waals surface area contributed by atoms with E-state index >= 15 is 0 Å². The Morgan fingerprint density at radius 3 is 2.52 bits per heavy atom. The minimum atomic E-state index is -1.18. The Labute approximate surface area is 205 Å². The van der Waals surface area contributed by atoms with Crippen molar-refractivity contribution >= 4 is 57.9 Å². The molecular formula is C25H18ClNO4S2. The minimum absolute atomic E-state index is 0.206. The molecule has 166 valence electrons. The van der Waals surface area contributed by atoms with Crippen LogP contribution in [0.25, 0.3) is 6.08 Å². The first kappa shape index (κ1) is 23.0. The molecule has 1 aliphatic rings. The van der Waals surface area contributed by atoms with Gasteiger partial charge in [-0.1, -0.05) is 90.2 Å². The molecule has 3 aromatic rings. The molecule has 0 radical (unpaired) electrons. The highest BCUT2D eigenvalue weighted by molar-refractivity contribution is 8.26. The van der Waals surface area contributed by atoms with Gasteiger partial charge in [0.15, 0.2) is 6.04 Å². The van der Waals surface area contributed by atoms with E-state index in [0.717, 1.165) is 27.8 Å². The molecule has 5 nitrogen and oxygen atoms in total. The van der Waals surface area contributed by atoms with Crippen molar-refractivity contribution in [2.45, 2.75) is 12.6 Å². The molecule has 0 bridgehead atoms. The lowest BCUT2D eigenvalue weighted by Crippen LogP contribution is -2.37. The zero-order valence-corrected chi connectivity index (χ0v) is 19.6. The highest BCUT2D eigenvalue weighted by atomic mass is 35.5. The van der Waals surface area contributed by atoms with Gasteiger partial charge in [0, 0.05) is 5.02 Å². The Balaban J connectivity index is 1.53. The number of amides is 1. The van der Waals surface area contributed by atoms with Crippen LogP contribution >= 0.6 is 35.6 Å². The van der Waals surface area contributed by atoms with Crippen LogP contribution in [0, 0.1) is 0 Å². The van der Waals surface area contributed by atoms with Gasteiger partial charge in [0.2, 0.25) is 0 Å². The molecule has 1 heterocycles. The number of carboxylic acids is 1. The first-order valence-corrected chi connectivity index (χ1v) is 11.5. The van der Waals surface area contributed by atoms with E-state index in [1.54, 1.807) is 48.5 Å². The zero-order valence-electron chi connectivity index (χ0n) is 17.2. The van der Waals surface area contributed by atoms with Gasteiger partial charge in [0.25, 0.3) is 5.91 Å². The minimum Gasteiger partial charge on any atom is -0.489 e. The molecule has 1 aliphatic heterocycles. The van der Waals surface area contributed by atoms with Crippen LogP contribution in [-0.4, -0.2) is 26.2 Å². The summed E-state index contributed by atoms with van der Waals surface area (Å²) in [7, 11) is 0. The lowest BCUT2D eigenvalue weighted by Gasteiger charge is -2.23. The fourth-order valence-corrected chi connectivity index (χ4v) is 4.77. The Morgan fingerprint density at radius 2 is 1.82 bits per heavy atom. The average Bonchev–Trinajstić information content (AvgIpc) is 3.07. The van der Waals surface area contributed by atoms with Gasteiger partial charge in [-0.15, -0.1) is 0 Å². The number of carbonyl (C=O) groups excluding carboxylic acids is 1. The van der Waals surface area contributed by atoms with Crippen LogP contribution in [0.5, 0.6) is 5.75 Å². The topological polar surface area (TPSA) is 66.8 Å². The van der Waals surface area contributed by atoms with Crippen molar-refractivity contribution in [3.05, 3.63) is 105 Å². The number of aliphatic carboxylic acids is 1. The molecule has 1 N–H and O–H groups in total.